The van der Waals surface area contributed by atoms with Gasteiger partial charge in [0, 0.05) is 19.6 Å². The van der Waals surface area contributed by atoms with Crippen LogP contribution in [0.1, 0.15) is 0 Å². The van der Waals surface area contributed by atoms with Crippen LogP contribution in [0.2, 0.25) is 0 Å². The molecule has 5 aromatic carbocycles. The van der Waals surface area contributed by atoms with Gasteiger partial charge in [0.2, 0.25) is 0 Å². The summed E-state index contributed by atoms with van der Waals surface area (Å²) >= 11 is 3.88. The van der Waals surface area contributed by atoms with Gasteiger partial charge in [-0.15, -0.1) is 22.0 Å². The Bertz CT molecular complexity index is 2020. The van der Waals surface area contributed by atoms with Gasteiger partial charge < -0.3 is 0 Å². The molecule has 0 bridgehead atoms. The van der Waals surface area contributed by atoms with Crippen LogP contribution in [-0.2, 0) is 0 Å². The third-order valence-electron chi connectivity index (χ3n) is 6.78. The van der Waals surface area contributed by atoms with Crippen molar-refractivity contribution < 1.29 is 8.78 Å². The molecule has 7 aromatic rings. The van der Waals surface area contributed by atoms with E-state index in [0.29, 0.717) is 23.0 Å². The number of nitrogens with zero attached hydrogens (tertiary/aromatic N) is 8. The minimum absolute atomic E-state index is 0.320. The van der Waals surface area contributed by atoms with Crippen LogP contribution < -0.4 is 0 Å². The Hall–Kier alpha value is -4.82. The molecule has 0 unspecified atom stereocenters. The molecule has 0 fully saturated rings. The fourth-order valence-electron chi connectivity index (χ4n) is 4.70. The van der Waals surface area contributed by atoms with Gasteiger partial charge in [-0.3, -0.25) is 0 Å². The Labute approximate surface area is 275 Å². The van der Waals surface area contributed by atoms with Crippen molar-refractivity contribution in [2.75, 3.05) is 6.26 Å². The molecule has 222 valence electrons. The first-order chi connectivity index (χ1) is 22.1. The summed E-state index contributed by atoms with van der Waals surface area (Å²) in [4.78, 5) is 1.16. The summed E-state index contributed by atoms with van der Waals surface area (Å²) in [7, 11) is 0. The number of thioether (sulfide) groups is 1. The van der Waals surface area contributed by atoms with E-state index in [1.165, 1.54) is 21.5 Å². The quantitative estimate of drug-likeness (QED) is 0.127. The number of halogens is 3. The van der Waals surface area contributed by atoms with E-state index in [9.17, 15) is 8.78 Å². The van der Waals surface area contributed by atoms with Gasteiger partial charge in [0.1, 0.15) is 23.0 Å². The van der Waals surface area contributed by atoms with Crippen molar-refractivity contribution in [2.24, 2.45) is 0 Å². The molecular weight excluding hydrogens is 705 g/mol. The summed E-state index contributed by atoms with van der Waals surface area (Å²) in [6.45, 7) is 0. The average Bonchev–Trinajstić information content (AvgIpc) is 3.76. The van der Waals surface area contributed by atoms with E-state index in [2.05, 4.69) is 65.8 Å². The first kappa shape index (κ1) is 30.2. The van der Waals surface area contributed by atoms with Crippen LogP contribution in [0.4, 0.5) is 8.78 Å². The number of hydrogen-bond acceptors (Lipinski definition) is 7. The predicted molar refractivity (Wildman–Crippen MR) is 179 cm³/mol. The second-order valence-electron chi connectivity index (χ2n) is 9.46. The molecule has 2 heterocycles. The Kier molecular flexibility index (Phi) is 9.31. The predicted octanol–water partition coefficient (Wildman–Crippen LogP) is 7.93. The third-order valence-corrected chi connectivity index (χ3v) is 8.52. The highest BCUT2D eigenvalue weighted by Gasteiger charge is 2.19. The maximum atomic E-state index is 14.3. The molecule has 0 spiro atoms. The third kappa shape index (κ3) is 6.37. The van der Waals surface area contributed by atoms with Crippen molar-refractivity contribution in [1.29, 1.82) is 0 Å². The summed E-state index contributed by atoms with van der Waals surface area (Å²) in [5, 5.41) is 23.5. The van der Waals surface area contributed by atoms with Crippen LogP contribution in [0, 0.1) is 15.2 Å². The maximum Gasteiger partial charge on any atom is 0.188 e. The van der Waals surface area contributed by atoms with Crippen molar-refractivity contribution in [3.63, 3.8) is 0 Å². The Morgan fingerprint density at radius 3 is 1.53 bits per heavy atom. The molecule has 0 saturated heterocycles. The number of benzene rings is 5. The number of para-hydroxylation sites is 2. The lowest BCUT2D eigenvalue weighted by Crippen LogP contribution is -2.03. The Morgan fingerprint density at radius 2 is 0.978 bits per heavy atom. The molecule has 0 saturated carbocycles. The molecule has 0 aliphatic carbocycles. The van der Waals surface area contributed by atoms with Crippen molar-refractivity contribution >= 4 is 34.4 Å². The number of hydrogen-bond donors (Lipinski definition) is 0. The monoisotopic (exact) mass is 728 g/mol. The molecule has 7 rings (SSSR count). The van der Waals surface area contributed by atoms with E-state index in [-0.39, 0.29) is 11.6 Å². The minimum Gasteiger partial charge on any atom is -0.205 e. The van der Waals surface area contributed by atoms with Gasteiger partial charge >= 0.3 is 0 Å². The molecule has 0 radical (unpaired) electrons. The fourth-order valence-corrected chi connectivity index (χ4v) is 5.95. The van der Waals surface area contributed by atoms with Gasteiger partial charge in [0.25, 0.3) is 0 Å². The molecule has 8 nitrogen and oxygen atoms in total. The van der Waals surface area contributed by atoms with Crippen molar-refractivity contribution in [2.45, 2.75) is 4.90 Å². The van der Waals surface area contributed by atoms with Gasteiger partial charge in [-0.1, -0.05) is 84.9 Å². The van der Waals surface area contributed by atoms with Crippen molar-refractivity contribution in [3.05, 3.63) is 137 Å². The van der Waals surface area contributed by atoms with Crippen molar-refractivity contribution in [1.82, 2.24) is 40.4 Å². The highest BCUT2D eigenvalue weighted by atomic mass is 127. The standard InChI is InChI=1S/C20H15FN4S.C13H8FIN4/c1-26-19-13-7-4-9-15(19)14-8-2-3-10-16(14)20-22-23-24-25(20)18-12-6-5-11-17(18)21;14-10-6-2-4-8-12(10)19-13(16-17-18-19)9-5-1-3-7-11(9)15/h2-13H,1H3;1-8H. The zero-order valence-electron chi connectivity index (χ0n) is 23.7. The van der Waals surface area contributed by atoms with Crippen LogP contribution >= 0.6 is 34.4 Å². The van der Waals surface area contributed by atoms with Gasteiger partial charge in [0.15, 0.2) is 11.6 Å². The minimum atomic E-state index is -0.372. The SMILES string of the molecule is CSc1ccccc1-c1ccccc1-c1nnnn1-c1ccccc1F.Fc1ccccc1-n1nnnc1-c1ccccc1I. The van der Waals surface area contributed by atoms with E-state index < -0.39 is 0 Å². The van der Waals surface area contributed by atoms with Crippen LogP contribution in [0.15, 0.2) is 126 Å². The summed E-state index contributed by atoms with van der Waals surface area (Å²) in [5.74, 6) is 0.293. The van der Waals surface area contributed by atoms with Gasteiger partial charge in [-0.25, -0.2) is 8.78 Å². The molecule has 0 atom stereocenters. The van der Waals surface area contributed by atoms with Crippen LogP contribution in [0.5, 0.6) is 0 Å². The smallest absolute Gasteiger partial charge is 0.188 e. The van der Waals surface area contributed by atoms with E-state index >= 15 is 0 Å². The molecule has 0 amide bonds. The highest BCUT2D eigenvalue weighted by Crippen LogP contribution is 2.36. The van der Waals surface area contributed by atoms with Crippen molar-refractivity contribution in [3.8, 4) is 45.3 Å². The summed E-state index contributed by atoms with van der Waals surface area (Å²) in [6, 6.07) is 36.6. The van der Waals surface area contributed by atoms with Gasteiger partial charge in [-0.2, -0.15) is 9.36 Å². The number of aromatic nitrogens is 8. The molecule has 0 N–H and O–H groups in total. The van der Waals surface area contributed by atoms with Gasteiger partial charge in [-0.05, 0) is 97.2 Å². The summed E-state index contributed by atoms with van der Waals surface area (Å²) in [6.07, 6.45) is 2.05. The highest BCUT2D eigenvalue weighted by molar-refractivity contribution is 14.1. The zero-order valence-corrected chi connectivity index (χ0v) is 26.6. The van der Waals surface area contributed by atoms with Crippen LogP contribution in [0.25, 0.3) is 45.3 Å². The van der Waals surface area contributed by atoms with E-state index in [1.807, 2.05) is 66.9 Å². The molecule has 45 heavy (non-hydrogen) atoms. The lowest BCUT2D eigenvalue weighted by Gasteiger charge is -2.13. The van der Waals surface area contributed by atoms with E-state index in [4.69, 9.17) is 0 Å². The normalized spacial score (nSPS) is 10.8. The van der Waals surface area contributed by atoms with Gasteiger partial charge in [0.05, 0.1) is 0 Å². The zero-order chi connectivity index (χ0) is 31.2. The summed E-state index contributed by atoms with van der Waals surface area (Å²) < 4.78 is 32.0. The maximum absolute atomic E-state index is 14.3. The summed E-state index contributed by atoms with van der Waals surface area (Å²) in [5.41, 5.74) is 4.48. The lowest BCUT2D eigenvalue weighted by atomic mass is 9.99. The number of rotatable bonds is 6. The number of tetrazole rings is 2. The van der Waals surface area contributed by atoms with E-state index in [0.717, 1.165) is 30.7 Å². The van der Waals surface area contributed by atoms with Crippen LogP contribution in [-0.4, -0.2) is 46.7 Å². The molecule has 12 heteroatoms. The second-order valence-corrected chi connectivity index (χ2v) is 11.5. The topological polar surface area (TPSA) is 87.2 Å². The Morgan fingerprint density at radius 1 is 0.533 bits per heavy atom. The molecular formula is C33H23F2IN8S. The Balaban J connectivity index is 0.000000167. The average molecular weight is 729 g/mol. The van der Waals surface area contributed by atoms with E-state index in [1.54, 1.807) is 48.2 Å². The largest absolute Gasteiger partial charge is 0.205 e. The lowest BCUT2D eigenvalue weighted by molar-refractivity contribution is 0.607. The second kappa shape index (κ2) is 13.9. The molecule has 0 aliphatic heterocycles. The first-order valence-corrected chi connectivity index (χ1v) is 15.9. The first-order valence-electron chi connectivity index (χ1n) is 13.6. The fraction of sp³-hybridized carbons (Fsp3) is 0.0303. The molecule has 0 aliphatic rings. The van der Waals surface area contributed by atoms with Crippen LogP contribution in [0.3, 0.4) is 0 Å². The molecule has 2 aromatic heterocycles.